The van der Waals surface area contributed by atoms with Crippen molar-refractivity contribution >= 4 is 29.9 Å². The quantitative estimate of drug-likeness (QED) is 0.333. The molecule has 2 aromatic rings. The smallest absolute Gasteiger partial charge is 0.191 e. The number of nitrogens with one attached hydrogen (secondary N) is 2. The number of guanidine groups is 1. The summed E-state index contributed by atoms with van der Waals surface area (Å²) < 4.78 is 20.5. The highest BCUT2D eigenvalue weighted by Gasteiger charge is 2.36. The third-order valence-corrected chi connectivity index (χ3v) is 6.35. The van der Waals surface area contributed by atoms with E-state index in [1.165, 1.54) is 18.4 Å². The van der Waals surface area contributed by atoms with Crippen LogP contribution in [-0.2, 0) is 29.7 Å². The second kappa shape index (κ2) is 10.7. The molecule has 1 fully saturated rings. The molecular weight excluding hydrogens is 510 g/mol. The first-order valence-electron chi connectivity index (χ1n) is 10.8. The Balaban J connectivity index is 0.00000272. The number of benzene rings is 1. The Morgan fingerprint density at radius 2 is 2.03 bits per heavy atom. The van der Waals surface area contributed by atoms with Crippen molar-refractivity contribution in [1.82, 2.24) is 25.4 Å². The van der Waals surface area contributed by atoms with Crippen LogP contribution in [0.5, 0.6) is 0 Å². The summed E-state index contributed by atoms with van der Waals surface area (Å²) in [5, 5.41) is 11.6. The van der Waals surface area contributed by atoms with E-state index in [0.717, 1.165) is 56.4 Å². The summed E-state index contributed by atoms with van der Waals surface area (Å²) in [7, 11) is 3.46. The highest BCUT2D eigenvalue weighted by molar-refractivity contribution is 14.0. The maximum absolute atomic E-state index is 13.4. The second-order valence-electron chi connectivity index (χ2n) is 8.36. The summed E-state index contributed by atoms with van der Waals surface area (Å²) in [6.45, 7) is 1.99. The van der Waals surface area contributed by atoms with Crippen molar-refractivity contribution in [3.05, 3.63) is 47.3 Å². The topological polar surface area (TPSA) is 76.4 Å². The molecule has 1 aliphatic heterocycles. The number of aryl methyl sites for hydroxylation is 1. The van der Waals surface area contributed by atoms with Gasteiger partial charge in [0.2, 0.25) is 0 Å². The third kappa shape index (κ3) is 5.54. The number of aromatic nitrogens is 3. The Kier molecular flexibility index (Phi) is 8.26. The fourth-order valence-corrected chi connectivity index (χ4v) is 4.73. The molecule has 0 saturated heterocycles. The molecule has 0 amide bonds. The second-order valence-corrected chi connectivity index (χ2v) is 8.36. The Hall–Kier alpha value is -1.75. The maximum atomic E-state index is 13.4. The van der Waals surface area contributed by atoms with E-state index in [1.807, 2.05) is 16.8 Å². The molecular formula is C22H32FIN6O. The largest absolute Gasteiger partial charge is 0.377 e. The molecule has 1 aliphatic carbocycles. The van der Waals surface area contributed by atoms with Crippen LogP contribution in [0.15, 0.2) is 29.3 Å². The van der Waals surface area contributed by atoms with Gasteiger partial charge >= 0.3 is 0 Å². The van der Waals surface area contributed by atoms with Crippen molar-refractivity contribution in [3.8, 4) is 0 Å². The molecule has 7 nitrogen and oxygen atoms in total. The summed E-state index contributed by atoms with van der Waals surface area (Å²) in [4.78, 5) is 8.98. The van der Waals surface area contributed by atoms with Crippen molar-refractivity contribution in [2.75, 3.05) is 20.7 Å². The molecule has 1 aromatic heterocycles. The van der Waals surface area contributed by atoms with Crippen molar-refractivity contribution in [2.24, 2.45) is 4.99 Å². The molecule has 1 aromatic carbocycles. The molecule has 1 atom stereocenters. The van der Waals surface area contributed by atoms with Crippen LogP contribution >= 0.6 is 24.0 Å². The van der Waals surface area contributed by atoms with Crippen LogP contribution in [0, 0.1) is 5.82 Å². The van der Waals surface area contributed by atoms with Crippen LogP contribution in [0.2, 0.25) is 0 Å². The van der Waals surface area contributed by atoms with Crippen molar-refractivity contribution in [3.63, 3.8) is 0 Å². The number of nitrogens with zero attached hydrogens (tertiary/aromatic N) is 4. The molecule has 2 N–H and O–H groups in total. The van der Waals surface area contributed by atoms with Gasteiger partial charge in [-0.15, -0.1) is 24.0 Å². The molecule has 1 unspecified atom stereocenters. The monoisotopic (exact) mass is 542 g/mol. The van der Waals surface area contributed by atoms with E-state index in [9.17, 15) is 4.39 Å². The van der Waals surface area contributed by atoms with Gasteiger partial charge < -0.3 is 15.4 Å². The molecule has 4 rings (SSSR count). The number of hydrogen-bond donors (Lipinski definition) is 2. The predicted octanol–water partition coefficient (Wildman–Crippen LogP) is 3.17. The zero-order valence-corrected chi connectivity index (χ0v) is 20.6. The minimum atomic E-state index is -0.184. The van der Waals surface area contributed by atoms with Crippen molar-refractivity contribution in [2.45, 2.75) is 63.1 Å². The first-order chi connectivity index (χ1) is 14.6. The number of halogens is 2. The zero-order valence-electron chi connectivity index (χ0n) is 18.2. The average Bonchev–Trinajstić information content (AvgIpc) is 3.39. The third-order valence-electron chi connectivity index (χ3n) is 6.35. The van der Waals surface area contributed by atoms with Gasteiger partial charge in [0.15, 0.2) is 11.8 Å². The number of rotatable bonds is 6. The van der Waals surface area contributed by atoms with Gasteiger partial charge in [-0.05, 0) is 37.0 Å². The Morgan fingerprint density at radius 1 is 1.29 bits per heavy atom. The molecule has 0 bridgehead atoms. The molecule has 9 heteroatoms. The maximum Gasteiger partial charge on any atom is 0.191 e. The lowest BCUT2D eigenvalue weighted by Gasteiger charge is -2.32. The Labute approximate surface area is 200 Å². The lowest BCUT2D eigenvalue weighted by Crippen LogP contribution is -2.50. The van der Waals surface area contributed by atoms with Gasteiger partial charge in [0, 0.05) is 38.6 Å². The number of fused-ring (bicyclic) bond motifs is 1. The van der Waals surface area contributed by atoms with E-state index in [0.29, 0.717) is 6.61 Å². The summed E-state index contributed by atoms with van der Waals surface area (Å²) in [6.07, 6.45) is 6.48. The summed E-state index contributed by atoms with van der Waals surface area (Å²) in [5.74, 6) is 2.37. The van der Waals surface area contributed by atoms with Gasteiger partial charge in [-0.3, -0.25) is 4.99 Å². The van der Waals surface area contributed by atoms with E-state index in [1.54, 1.807) is 26.3 Å². The van der Waals surface area contributed by atoms with Gasteiger partial charge in [0.1, 0.15) is 18.2 Å². The van der Waals surface area contributed by atoms with Gasteiger partial charge in [-0.1, -0.05) is 25.0 Å². The van der Waals surface area contributed by atoms with E-state index >= 15 is 0 Å². The lowest BCUT2D eigenvalue weighted by molar-refractivity contribution is 0.177. The first-order valence-corrected chi connectivity index (χ1v) is 10.8. The zero-order chi connectivity index (χ0) is 21.0. The van der Waals surface area contributed by atoms with Crippen molar-refractivity contribution < 1.29 is 9.13 Å². The highest BCUT2D eigenvalue weighted by atomic mass is 127. The van der Waals surface area contributed by atoms with E-state index in [2.05, 4.69) is 25.7 Å². The Morgan fingerprint density at radius 3 is 2.71 bits per heavy atom. The van der Waals surface area contributed by atoms with Gasteiger partial charge in [0.05, 0.1) is 6.54 Å². The molecule has 31 heavy (non-hydrogen) atoms. The fraction of sp³-hybridized carbons (Fsp3) is 0.591. The van der Waals surface area contributed by atoms with Crippen LogP contribution in [0.1, 0.15) is 49.3 Å². The number of ether oxygens (including phenoxy) is 1. The molecule has 0 spiro atoms. The minimum Gasteiger partial charge on any atom is -0.377 e. The highest BCUT2D eigenvalue weighted by Crippen LogP contribution is 2.40. The molecule has 2 heterocycles. The summed E-state index contributed by atoms with van der Waals surface area (Å²) in [5.41, 5.74) is 1.24. The summed E-state index contributed by atoms with van der Waals surface area (Å²) in [6, 6.07) is 7.24. The minimum absolute atomic E-state index is 0. The molecule has 2 aliphatic rings. The van der Waals surface area contributed by atoms with Crippen LogP contribution in [0.25, 0.3) is 0 Å². The lowest BCUT2D eigenvalue weighted by atomic mass is 9.79. The molecule has 0 radical (unpaired) electrons. The Bertz CT molecular complexity index is 879. The predicted molar refractivity (Wildman–Crippen MR) is 129 cm³/mol. The van der Waals surface area contributed by atoms with Crippen LogP contribution < -0.4 is 10.6 Å². The average molecular weight is 542 g/mol. The summed E-state index contributed by atoms with van der Waals surface area (Å²) >= 11 is 0. The van der Waals surface area contributed by atoms with Crippen molar-refractivity contribution in [1.29, 1.82) is 0 Å². The first kappa shape index (κ1) is 23.9. The molecule has 170 valence electrons. The molecule has 1 saturated carbocycles. The van der Waals surface area contributed by atoms with E-state index < -0.39 is 0 Å². The van der Waals surface area contributed by atoms with E-state index in [4.69, 9.17) is 4.74 Å². The van der Waals surface area contributed by atoms with Gasteiger partial charge in [-0.2, -0.15) is 5.10 Å². The number of methoxy groups -OCH3 is 1. The van der Waals surface area contributed by atoms with E-state index in [-0.39, 0.29) is 41.3 Å². The number of aliphatic imine (C=N–C) groups is 1. The fourth-order valence-electron chi connectivity index (χ4n) is 4.73. The van der Waals surface area contributed by atoms with Gasteiger partial charge in [-0.25, -0.2) is 14.1 Å². The van der Waals surface area contributed by atoms with Crippen LogP contribution in [0.4, 0.5) is 4.39 Å². The van der Waals surface area contributed by atoms with Crippen LogP contribution in [-0.4, -0.2) is 47.5 Å². The normalized spacial score (nSPS) is 20.1. The standard InChI is InChI=1S/C22H31FN6O.HI/c1-24-21(26-18-9-10-20-27-19(14-30-2)28-29(20)13-18)25-15-22(11-3-4-12-22)16-5-7-17(23)8-6-16;/h5-8,18H,3-4,9-15H2,1-2H3,(H2,24,25,26);1H. The number of hydrogen-bond acceptors (Lipinski definition) is 4. The SMILES string of the molecule is CN=C(NCC1(c2ccc(F)cc2)CCCC1)NC1CCc2nc(COC)nn2C1.I. The van der Waals surface area contributed by atoms with Gasteiger partial charge in [0.25, 0.3) is 0 Å². The van der Waals surface area contributed by atoms with Crippen LogP contribution in [0.3, 0.4) is 0 Å².